The van der Waals surface area contributed by atoms with Crippen molar-refractivity contribution in [3.63, 3.8) is 0 Å². The first-order valence-electron chi connectivity index (χ1n) is 9.72. The molecule has 0 saturated heterocycles. The molecular weight excluding hydrogens is 591 g/mol. The maximum atomic E-state index is 13.0. The number of hydrogen-bond acceptors (Lipinski definition) is 6. The predicted octanol–water partition coefficient (Wildman–Crippen LogP) is 5.62. The number of rotatable bonds is 6. The van der Waals surface area contributed by atoms with Crippen molar-refractivity contribution < 1.29 is 39.0 Å². The van der Waals surface area contributed by atoms with E-state index in [0.29, 0.717) is 16.6 Å². The molecule has 8 nitrogen and oxygen atoms in total. The van der Waals surface area contributed by atoms with Crippen LogP contribution in [-0.4, -0.2) is 17.2 Å². The topological polar surface area (TPSA) is 114 Å². The fraction of sp³-hybridized carbons (Fsp3) is 0.0455. The molecule has 0 aliphatic heterocycles. The van der Waals surface area contributed by atoms with Crippen LogP contribution in [0, 0.1) is 0 Å². The Morgan fingerprint density at radius 3 is 2.36 bits per heavy atom. The highest BCUT2D eigenvalue weighted by Gasteiger charge is 2.32. The van der Waals surface area contributed by atoms with Gasteiger partial charge in [0.25, 0.3) is 11.3 Å². The smallest absolute Gasteiger partial charge is 0.416 e. The number of alkyl halides is 3. The number of halogens is 4. The van der Waals surface area contributed by atoms with Gasteiger partial charge in [0.15, 0.2) is 11.3 Å². The highest BCUT2D eigenvalue weighted by atomic mass is 79.9. The lowest BCUT2D eigenvalue weighted by Crippen LogP contribution is -2.24. The Morgan fingerprint density at radius 1 is 1.00 bits per heavy atom. The average molecular weight is 604 g/mol. The number of para-hydroxylation sites is 1. The Kier molecular flexibility index (Phi) is 6.96. The summed E-state index contributed by atoms with van der Waals surface area (Å²) in [4.78, 5) is 12.0. The Morgan fingerprint density at radius 2 is 1.69 bits per heavy atom. The van der Waals surface area contributed by atoms with Gasteiger partial charge in [0.05, 0.1) is 11.3 Å². The van der Waals surface area contributed by atoms with Gasteiger partial charge >= 0.3 is 21.9 Å². The summed E-state index contributed by atoms with van der Waals surface area (Å²) in [5.74, 6) is -0.465. The molecule has 1 atom stereocenters. The first-order chi connectivity index (χ1) is 16.9. The van der Waals surface area contributed by atoms with Crippen LogP contribution in [0.15, 0.2) is 91.4 Å². The molecule has 0 aliphatic rings. The van der Waals surface area contributed by atoms with Crippen LogP contribution in [-0.2, 0) is 27.6 Å². The van der Waals surface area contributed by atoms with Gasteiger partial charge in [0.2, 0.25) is 0 Å². The van der Waals surface area contributed by atoms with Crippen molar-refractivity contribution in [2.75, 3.05) is 4.31 Å². The Bertz CT molecular complexity index is 1660. The van der Waals surface area contributed by atoms with E-state index in [2.05, 4.69) is 15.9 Å². The quantitative estimate of drug-likeness (QED) is 0.173. The molecule has 4 aromatic rings. The molecule has 14 heteroatoms. The van der Waals surface area contributed by atoms with Gasteiger partial charge in [-0.3, -0.25) is 4.55 Å². The van der Waals surface area contributed by atoms with Crippen LogP contribution < -0.4 is 14.1 Å². The molecule has 0 bridgehead atoms. The van der Waals surface area contributed by atoms with E-state index in [1.807, 2.05) is 0 Å². The Labute approximate surface area is 212 Å². The molecule has 0 spiro atoms. The van der Waals surface area contributed by atoms with E-state index in [1.165, 1.54) is 30.3 Å². The molecule has 3 aromatic carbocycles. The zero-order chi connectivity index (χ0) is 26.3. The summed E-state index contributed by atoms with van der Waals surface area (Å²) < 4.78 is 97.9. The highest BCUT2D eigenvalue weighted by molar-refractivity contribution is 9.10. The largest absolute Gasteiger partial charge is 0.417 e. The molecule has 0 fully saturated rings. The monoisotopic (exact) mass is 603 g/mol. The lowest BCUT2D eigenvalue weighted by atomic mass is 10.2. The fourth-order valence-electron chi connectivity index (χ4n) is 3.22. The molecule has 1 N–H and O–H groups in total. The zero-order valence-corrected chi connectivity index (χ0v) is 20.8. The minimum atomic E-state index is -4.78. The van der Waals surface area contributed by atoms with Gasteiger partial charge in [-0.1, -0.05) is 40.2 Å². The van der Waals surface area contributed by atoms with E-state index >= 15 is 0 Å². The van der Waals surface area contributed by atoms with Crippen LogP contribution in [0.2, 0.25) is 0 Å². The van der Waals surface area contributed by atoms with E-state index in [-0.39, 0.29) is 22.3 Å². The molecule has 0 saturated carbocycles. The van der Waals surface area contributed by atoms with Crippen molar-refractivity contribution in [3.8, 4) is 5.75 Å². The number of fused-ring (bicyclic) bond motifs is 1. The van der Waals surface area contributed by atoms with Crippen molar-refractivity contribution >= 4 is 59.7 Å². The van der Waals surface area contributed by atoms with Crippen LogP contribution >= 0.6 is 15.9 Å². The third kappa shape index (κ3) is 5.31. The number of hydrogen-bond donors (Lipinski definition) is 1. The SMILES string of the molecule is O=c1oc2c(OS(=O)(=O)c3cccc(C(F)(F)F)c3)cccc2cc1N(c1cccc(Br)c1)S(=O)O. The fourth-order valence-corrected chi connectivity index (χ4v) is 5.18. The molecule has 1 aromatic heterocycles. The summed E-state index contributed by atoms with van der Waals surface area (Å²) in [6.45, 7) is 0. The minimum Gasteiger partial charge on any atom is -0.417 e. The maximum Gasteiger partial charge on any atom is 0.416 e. The summed E-state index contributed by atoms with van der Waals surface area (Å²) in [6, 6.07) is 14.3. The van der Waals surface area contributed by atoms with E-state index in [4.69, 9.17) is 8.60 Å². The highest BCUT2D eigenvalue weighted by Crippen LogP contribution is 2.34. The molecule has 0 aliphatic carbocycles. The van der Waals surface area contributed by atoms with E-state index in [1.54, 1.807) is 12.1 Å². The Balaban J connectivity index is 1.79. The van der Waals surface area contributed by atoms with E-state index in [9.17, 15) is 35.1 Å². The second-order valence-corrected chi connectivity index (χ2v) is 10.5. The van der Waals surface area contributed by atoms with E-state index < -0.39 is 49.4 Å². The Hall–Kier alpha value is -3.20. The molecule has 188 valence electrons. The second-order valence-electron chi connectivity index (χ2n) is 7.16. The minimum absolute atomic E-state index is 0.117. The van der Waals surface area contributed by atoms with Crippen LogP contribution in [0.3, 0.4) is 0 Å². The molecule has 0 radical (unpaired) electrons. The molecule has 1 unspecified atom stereocenters. The average Bonchev–Trinajstić information content (AvgIpc) is 2.79. The third-order valence-electron chi connectivity index (χ3n) is 4.77. The number of anilines is 2. The second kappa shape index (κ2) is 9.69. The summed E-state index contributed by atoms with van der Waals surface area (Å²) >= 11 is 0.549. The molecular formula is C22H13BrF3NO7S2. The van der Waals surface area contributed by atoms with Gasteiger partial charge in [-0.25, -0.2) is 13.3 Å². The zero-order valence-electron chi connectivity index (χ0n) is 17.6. The molecule has 1 heterocycles. The normalized spacial score (nSPS) is 12.9. The predicted molar refractivity (Wildman–Crippen MR) is 129 cm³/mol. The first-order valence-corrected chi connectivity index (χ1v) is 13.0. The lowest BCUT2D eigenvalue weighted by Gasteiger charge is -2.19. The van der Waals surface area contributed by atoms with Gasteiger partial charge in [0, 0.05) is 9.86 Å². The third-order valence-corrected chi connectivity index (χ3v) is 7.22. The standard InChI is InChI=1S/C22H13BrF3NO7S2/c23-15-6-3-7-16(12-15)27(35(29)30)18-10-13-4-1-9-19(20(13)33-21(18)28)34-36(31,32)17-8-2-5-14(11-17)22(24,25)26/h1-12H,(H,29,30). The van der Waals surface area contributed by atoms with Crippen molar-refractivity contribution in [2.24, 2.45) is 0 Å². The molecule has 36 heavy (non-hydrogen) atoms. The van der Waals surface area contributed by atoms with Gasteiger partial charge in [-0.15, -0.1) is 0 Å². The van der Waals surface area contributed by atoms with Gasteiger partial charge in [-0.05, 0) is 48.5 Å². The maximum absolute atomic E-state index is 13.0. The first kappa shape index (κ1) is 25.9. The van der Waals surface area contributed by atoms with Crippen molar-refractivity contribution in [1.82, 2.24) is 0 Å². The summed E-state index contributed by atoms with van der Waals surface area (Å²) in [7, 11) is -4.75. The van der Waals surface area contributed by atoms with E-state index in [0.717, 1.165) is 22.5 Å². The van der Waals surface area contributed by atoms with Crippen LogP contribution in [0.25, 0.3) is 11.0 Å². The summed E-state index contributed by atoms with van der Waals surface area (Å²) in [5, 5.41) is 0.117. The molecule has 4 rings (SSSR count). The van der Waals surface area contributed by atoms with Gasteiger partial charge in [-0.2, -0.15) is 21.6 Å². The van der Waals surface area contributed by atoms with Crippen LogP contribution in [0.1, 0.15) is 5.56 Å². The van der Waals surface area contributed by atoms with Gasteiger partial charge in [0.1, 0.15) is 10.6 Å². The van der Waals surface area contributed by atoms with Crippen molar-refractivity contribution in [3.05, 3.63) is 93.3 Å². The van der Waals surface area contributed by atoms with Crippen LogP contribution in [0.4, 0.5) is 24.5 Å². The van der Waals surface area contributed by atoms with Crippen molar-refractivity contribution in [1.29, 1.82) is 0 Å². The van der Waals surface area contributed by atoms with Crippen LogP contribution in [0.5, 0.6) is 5.75 Å². The summed E-state index contributed by atoms with van der Waals surface area (Å²) in [5.41, 5.74) is -2.78. The lowest BCUT2D eigenvalue weighted by molar-refractivity contribution is -0.137. The number of benzene rings is 3. The number of nitrogens with zero attached hydrogens (tertiary/aromatic N) is 1. The van der Waals surface area contributed by atoms with Gasteiger partial charge < -0.3 is 8.60 Å². The summed E-state index contributed by atoms with van der Waals surface area (Å²) in [6.07, 6.45) is -4.78. The molecule has 0 amide bonds. The van der Waals surface area contributed by atoms with Crippen molar-refractivity contribution in [2.45, 2.75) is 11.1 Å².